The lowest BCUT2D eigenvalue weighted by Crippen LogP contribution is -2.42. The van der Waals surface area contributed by atoms with E-state index in [9.17, 15) is 0 Å². The van der Waals surface area contributed by atoms with E-state index in [1.54, 1.807) is 0 Å². The summed E-state index contributed by atoms with van der Waals surface area (Å²) in [5.41, 5.74) is 1.68. The first-order chi connectivity index (χ1) is 9.81. The highest BCUT2D eigenvalue weighted by Crippen LogP contribution is 2.41. The number of nitrogens with zero attached hydrogens (tertiary/aromatic N) is 2. The summed E-state index contributed by atoms with van der Waals surface area (Å²) in [5.74, 6) is 1.54. The molecule has 0 aliphatic heterocycles. The highest BCUT2D eigenvalue weighted by Gasteiger charge is 2.35. The molecule has 21 heavy (non-hydrogen) atoms. The molecule has 1 saturated carbocycles. The fraction of sp³-hybridized carbons (Fsp3) is 0.833. The molecular formula is C18H33N3. The molecule has 1 aliphatic rings. The van der Waals surface area contributed by atoms with Gasteiger partial charge in [-0.1, -0.05) is 20.8 Å². The summed E-state index contributed by atoms with van der Waals surface area (Å²) < 4.78 is 2.08. The predicted octanol–water partition coefficient (Wildman–Crippen LogP) is 4.06. The van der Waals surface area contributed by atoms with Gasteiger partial charge in [-0.25, -0.2) is 0 Å². The first kappa shape index (κ1) is 16.5. The second-order valence-corrected chi connectivity index (χ2v) is 8.12. The Bertz CT molecular complexity index is 442. The van der Waals surface area contributed by atoms with Gasteiger partial charge < -0.3 is 5.32 Å². The van der Waals surface area contributed by atoms with E-state index >= 15 is 0 Å². The van der Waals surface area contributed by atoms with E-state index in [1.807, 2.05) is 0 Å². The highest BCUT2D eigenvalue weighted by molar-refractivity contribution is 5.03. The van der Waals surface area contributed by atoms with Gasteiger partial charge in [0.1, 0.15) is 0 Å². The summed E-state index contributed by atoms with van der Waals surface area (Å²) in [6, 6.07) is 3.30. The standard InChI is InChI=1S/C18H33N3/c1-13(2)21-10-9-16(20-21)12-14-11-15(18(3,4)5)7-8-17(14)19-6/h9-10,13-15,17,19H,7-8,11-12H2,1-6H3. The minimum Gasteiger partial charge on any atom is -0.317 e. The van der Waals surface area contributed by atoms with Crippen LogP contribution in [0.1, 0.15) is 65.6 Å². The van der Waals surface area contributed by atoms with E-state index in [-0.39, 0.29) is 0 Å². The zero-order valence-corrected chi connectivity index (χ0v) is 14.7. The monoisotopic (exact) mass is 291 g/mol. The van der Waals surface area contributed by atoms with Crippen LogP contribution in [0.25, 0.3) is 0 Å². The van der Waals surface area contributed by atoms with Gasteiger partial charge in [0.15, 0.2) is 0 Å². The molecule has 120 valence electrons. The molecule has 3 heteroatoms. The van der Waals surface area contributed by atoms with Crippen molar-refractivity contribution in [3.8, 4) is 0 Å². The van der Waals surface area contributed by atoms with Crippen molar-refractivity contribution in [1.29, 1.82) is 0 Å². The normalized spacial score (nSPS) is 27.3. The van der Waals surface area contributed by atoms with Gasteiger partial charge in [-0.2, -0.15) is 5.10 Å². The average molecular weight is 291 g/mol. The molecule has 1 N–H and O–H groups in total. The Balaban J connectivity index is 2.06. The number of hydrogen-bond donors (Lipinski definition) is 1. The highest BCUT2D eigenvalue weighted by atomic mass is 15.3. The molecule has 0 spiro atoms. The molecule has 3 atom stereocenters. The molecule has 0 radical (unpaired) electrons. The van der Waals surface area contributed by atoms with Crippen molar-refractivity contribution in [2.75, 3.05) is 7.05 Å². The van der Waals surface area contributed by atoms with Crippen molar-refractivity contribution in [1.82, 2.24) is 15.1 Å². The Labute approximate surface area is 130 Å². The van der Waals surface area contributed by atoms with Crippen molar-refractivity contribution < 1.29 is 0 Å². The summed E-state index contributed by atoms with van der Waals surface area (Å²) in [5, 5.41) is 8.29. The van der Waals surface area contributed by atoms with E-state index in [1.165, 1.54) is 25.0 Å². The zero-order valence-electron chi connectivity index (χ0n) is 14.7. The van der Waals surface area contributed by atoms with E-state index in [2.05, 4.69) is 63.9 Å². The van der Waals surface area contributed by atoms with Gasteiger partial charge in [0.25, 0.3) is 0 Å². The molecule has 1 aliphatic carbocycles. The maximum absolute atomic E-state index is 4.75. The van der Waals surface area contributed by atoms with Gasteiger partial charge >= 0.3 is 0 Å². The van der Waals surface area contributed by atoms with Crippen LogP contribution in [-0.4, -0.2) is 22.9 Å². The van der Waals surface area contributed by atoms with Gasteiger partial charge in [0.05, 0.1) is 5.69 Å². The molecule has 0 aromatic carbocycles. The minimum absolute atomic E-state index is 0.425. The third-order valence-electron chi connectivity index (χ3n) is 5.24. The van der Waals surface area contributed by atoms with Crippen molar-refractivity contribution in [3.63, 3.8) is 0 Å². The summed E-state index contributed by atoms with van der Waals surface area (Å²) in [6.07, 6.45) is 7.21. The molecule has 1 fully saturated rings. The quantitative estimate of drug-likeness (QED) is 0.906. The molecule has 3 nitrogen and oxygen atoms in total. The molecule has 0 amide bonds. The summed E-state index contributed by atoms with van der Waals surface area (Å²) in [6.45, 7) is 11.5. The number of aromatic nitrogens is 2. The molecule has 1 aromatic rings. The summed E-state index contributed by atoms with van der Waals surface area (Å²) >= 11 is 0. The molecule has 0 bridgehead atoms. The molecule has 3 unspecified atom stereocenters. The minimum atomic E-state index is 0.425. The maximum atomic E-state index is 4.75. The lowest BCUT2D eigenvalue weighted by molar-refractivity contribution is 0.116. The van der Waals surface area contributed by atoms with Crippen molar-refractivity contribution in [2.45, 2.75) is 72.4 Å². The second-order valence-electron chi connectivity index (χ2n) is 8.12. The van der Waals surface area contributed by atoms with Gasteiger partial charge in [-0.15, -0.1) is 0 Å². The Morgan fingerprint density at radius 1 is 1.33 bits per heavy atom. The molecule has 1 heterocycles. The fourth-order valence-corrected chi connectivity index (χ4v) is 3.70. The number of nitrogens with one attached hydrogen (secondary N) is 1. The third kappa shape index (κ3) is 4.09. The average Bonchev–Trinajstić information content (AvgIpc) is 2.86. The third-order valence-corrected chi connectivity index (χ3v) is 5.24. The van der Waals surface area contributed by atoms with Crippen LogP contribution in [0.4, 0.5) is 0 Å². The molecular weight excluding hydrogens is 258 g/mol. The van der Waals surface area contributed by atoms with Gasteiger partial charge in [0.2, 0.25) is 0 Å². The van der Waals surface area contributed by atoms with Gasteiger partial charge in [-0.3, -0.25) is 4.68 Å². The Hall–Kier alpha value is -0.830. The zero-order chi connectivity index (χ0) is 15.6. The van der Waals surface area contributed by atoms with Crippen LogP contribution < -0.4 is 5.32 Å². The van der Waals surface area contributed by atoms with Gasteiger partial charge in [0, 0.05) is 18.3 Å². The topological polar surface area (TPSA) is 29.9 Å². The first-order valence-corrected chi connectivity index (χ1v) is 8.52. The maximum Gasteiger partial charge on any atom is 0.0628 e. The number of rotatable bonds is 4. The van der Waals surface area contributed by atoms with Crippen LogP contribution in [0.5, 0.6) is 0 Å². The van der Waals surface area contributed by atoms with Crippen LogP contribution in [-0.2, 0) is 6.42 Å². The summed E-state index contributed by atoms with van der Waals surface area (Å²) in [4.78, 5) is 0. The summed E-state index contributed by atoms with van der Waals surface area (Å²) in [7, 11) is 2.11. The molecule has 1 aromatic heterocycles. The second kappa shape index (κ2) is 6.51. The Morgan fingerprint density at radius 3 is 2.57 bits per heavy atom. The lowest BCUT2D eigenvalue weighted by atomic mass is 9.66. The predicted molar refractivity (Wildman–Crippen MR) is 89.4 cm³/mol. The van der Waals surface area contributed by atoms with Crippen LogP contribution in [0.3, 0.4) is 0 Å². The van der Waals surface area contributed by atoms with Crippen molar-refractivity contribution in [2.24, 2.45) is 17.3 Å². The van der Waals surface area contributed by atoms with Crippen LogP contribution >= 0.6 is 0 Å². The lowest BCUT2D eigenvalue weighted by Gasteiger charge is -2.41. The SMILES string of the molecule is CNC1CCC(C(C)(C)C)CC1Cc1ccn(C(C)C)n1. The Morgan fingerprint density at radius 2 is 2.05 bits per heavy atom. The van der Waals surface area contributed by atoms with Gasteiger partial charge in [-0.05, 0) is 69.9 Å². The van der Waals surface area contributed by atoms with E-state index < -0.39 is 0 Å². The van der Waals surface area contributed by atoms with E-state index in [4.69, 9.17) is 5.10 Å². The van der Waals surface area contributed by atoms with Crippen molar-refractivity contribution >= 4 is 0 Å². The Kier molecular flexibility index (Phi) is 5.13. The van der Waals surface area contributed by atoms with Crippen molar-refractivity contribution in [3.05, 3.63) is 18.0 Å². The first-order valence-electron chi connectivity index (χ1n) is 8.52. The fourth-order valence-electron chi connectivity index (χ4n) is 3.70. The van der Waals surface area contributed by atoms with E-state index in [0.717, 1.165) is 12.3 Å². The smallest absolute Gasteiger partial charge is 0.0628 e. The van der Waals surface area contributed by atoms with Crippen LogP contribution in [0.15, 0.2) is 12.3 Å². The number of hydrogen-bond acceptors (Lipinski definition) is 2. The largest absolute Gasteiger partial charge is 0.317 e. The van der Waals surface area contributed by atoms with Crippen LogP contribution in [0.2, 0.25) is 0 Å². The molecule has 0 saturated heterocycles. The van der Waals surface area contributed by atoms with E-state index in [0.29, 0.717) is 23.4 Å². The van der Waals surface area contributed by atoms with Crippen LogP contribution in [0, 0.1) is 17.3 Å². The molecule has 2 rings (SSSR count).